The van der Waals surface area contributed by atoms with Gasteiger partial charge in [0.2, 0.25) is 11.7 Å². The normalized spacial score (nSPS) is 20.1. The van der Waals surface area contributed by atoms with Crippen LogP contribution in [0.25, 0.3) is 0 Å². The smallest absolute Gasteiger partial charge is 0.384 e. The zero-order chi connectivity index (χ0) is 14.9. The molecule has 6 nitrogen and oxygen atoms in total. The Morgan fingerprint density at radius 3 is 2.75 bits per heavy atom. The van der Waals surface area contributed by atoms with Crippen LogP contribution in [0.4, 0.5) is 24.8 Å². The lowest BCUT2D eigenvalue weighted by atomic mass is 10.1. The average Bonchev–Trinajstić information content (AvgIpc) is 2.32. The minimum absolute atomic E-state index is 0.0116. The summed E-state index contributed by atoms with van der Waals surface area (Å²) in [6.07, 6.45) is -3.76. The number of nitrogens with two attached hydrogens (primary N) is 1. The largest absolute Gasteiger partial charge is 0.451 e. The molecule has 2 rings (SSSR count). The van der Waals surface area contributed by atoms with Gasteiger partial charge in [0.1, 0.15) is 11.6 Å². The molecule has 1 unspecified atom stereocenters. The van der Waals surface area contributed by atoms with Crippen LogP contribution in [0.3, 0.4) is 0 Å². The second kappa shape index (κ2) is 5.14. The van der Waals surface area contributed by atoms with Crippen molar-refractivity contribution in [3.05, 3.63) is 11.9 Å². The number of amides is 1. The Morgan fingerprint density at radius 2 is 2.15 bits per heavy atom. The van der Waals surface area contributed by atoms with Gasteiger partial charge in [-0.2, -0.15) is 13.2 Å². The van der Waals surface area contributed by atoms with E-state index in [4.69, 9.17) is 5.73 Å². The summed E-state index contributed by atoms with van der Waals surface area (Å²) in [6.45, 7) is 0.407. The molecule has 2 heterocycles. The molecule has 1 atom stereocenters. The Balaban J connectivity index is 2.14. The lowest BCUT2D eigenvalue weighted by Gasteiger charge is -2.30. The average molecular weight is 289 g/mol. The molecule has 1 aromatic heterocycles. The maximum absolute atomic E-state index is 12.6. The van der Waals surface area contributed by atoms with Crippen molar-refractivity contribution in [2.24, 2.45) is 0 Å². The number of nitrogens with one attached hydrogen (secondary N) is 1. The van der Waals surface area contributed by atoms with E-state index in [1.165, 1.54) is 11.0 Å². The van der Waals surface area contributed by atoms with Crippen LogP contribution in [0.5, 0.6) is 0 Å². The number of nitrogens with zero attached hydrogens (tertiary/aromatic N) is 3. The summed E-state index contributed by atoms with van der Waals surface area (Å²) >= 11 is 0. The number of likely N-dealkylation sites (tertiary alicyclic amines) is 1. The highest BCUT2D eigenvalue weighted by Gasteiger charge is 2.35. The van der Waals surface area contributed by atoms with E-state index in [0.717, 1.165) is 0 Å². The van der Waals surface area contributed by atoms with Crippen molar-refractivity contribution in [2.45, 2.75) is 25.1 Å². The van der Waals surface area contributed by atoms with E-state index >= 15 is 0 Å². The summed E-state index contributed by atoms with van der Waals surface area (Å²) in [5.41, 5.74) is 5.35. The van der Waals surface area contributed by atoms with Crippen LogP contribution < -0.4 is 11.1 Å². The highest BCUT2D eigenvalue weighted by Crippen LogP contribution is 2.28. The quantitative estimate of drug-likeness (QED) is 0.852. The van der Waals surface area contributed by atoms with Crippen LogP contribution in [0, 0.1) is 0 Å². The molecule has 1 amide bonds. The number of nitrogen functional groups attached to an aromatic ring is 1. The standard InChI is InChI=1S/C11H14F3N5O/c1-19-5-6(2-3-9(19)20)16-8-4-7(15)17-10(18-8)11(12,13)14/h4,6H,2-3,5H2,1H3,(H3,15,16,17,18). The van der Waals surface area contributed by atoms with Gasteiger partial charge in [0.05, 0.1) is 0 Å². The third kappa shape index (κ3) is 3.28. The SMILES string of the molecule is CN1CC(Nc2cc(N)nc(C(F)(F)F)n2)CCC1=O. The lowest BCUT2D eigenvalue weighted by Crippen LogP contribution is -2.43. The van der Waals surface area contributed by atoms with Crippen LogP contribution in [-0.4, -0.2) is 40.4 Å². The lowest BCUT2D eigenvalue weighted by molar-refractivity contribution is -0.144. The number of rotatable bonds is 2. The van der Waals surface area contributed by atoms with Crippen LogP contribution >= 0.6 is 0 Å². The molecule has 0 aromatic carbocycles. The van der Waals surface area contributed by atoms with Crippen molar-refractivity contribution >= 4 is 17.5 Å². The molecule has 1 aromatic rings. The minimum Gasteiger partial charge on any atom is -0.384 e. The van der Waals surface area contributed by atoms with Crippen molar-refractivity contribution < 1.29 is 18.0 Å². The molecule has 0 radical (unpaired) electrons. The van der Waals surface area contributed by atoms with Gasteiger partial charge in [0, 0.05) is 32.1 Å². The van der Waals surface area contributed by atoms with Crippen LogP contribution in [-0.2, 0) is 11.0 Å². The van der Waals surface area contributed by atoms with Gasteiger partial charge in [-0.3, -0.25) is 4.79 Å². The van der Waals surface area contributed by atoms with Crippen molar-refractivity contribution in [3.8, 4) is 0 Å². The Labute approximate surface area is 113 Å². The highest BCUT2D eigenvalue weighted by molar-refractivity contribution is 5.77. The molecule has 0 spiro atoms. The fourth-order valence-corrected chi connectivity index (χ4v) is 2.01. The van der Waals surface area contributed by atoms with Gasteiger partial charge in [-0.25, -0.2) is 9.97 Å². The van der Waals surface area contributed by atoms with Gasteiger partial charge in [0.15, 0.2) is 0 Å². The molecule has 0 bridgehead atoms. The molecule has 3 N–H and O–H groups in total. The van der Waals surface area contributed by atoms with Gasteiger partial charge in [-0.15, -0.1) is 0 Å². The first-order valence-electron chi connectivity index (χ1n) is 5.98. The molecule has 110 valence electrons. The molecule has 1 aliphatic rings. The molecular formula is C11H14F3N5O. The first-order valence-corrected chi connectivity index (χ1v) is 5.98. The molecule has 1 saturated heterocycles. The maximum Gasteiger partial charge on any atom is 0.451 e. The number of alkyl halides is 3. The predicted octanol–water partition coefficient (Wildman–Crippen LogP) is 1.11. The molecule has 20 heavy (non-hydrogen) atoms. The third-order valence-corrected chi connectivity index (χ3v) is 2.98. The fourth-order valence-electron chi connectivity index (χ4n) is 2.01. The van der Waals surface area contributed by atoms with E-state index < -0.39 is 12.0 Å². The minimum atomic E-state index is -4.65. The van der Waals surface area contributed by atoms with E-state index in [1.54, 1.807) is 7.05 Å². The zero-order valence-corrected chi connectivity index (χ0v) is 10.7. The summed E-state index contributed by atoms with van der Waals surface area (Å²) in [6, 6.07) is 1.08. The number of anilines is 2. The van der Waals surface area contributed by atoms with Gasteiger partial charge >= 0.3 is 6.18 Å². The van der Waals surface area contributed by atoms with Gasteiger partial charge in [-0.05, 0) is 6.42 Å². The van der Waals surface area contributed by atoms with Crippen molar-refractivity contribution in [3.63, 3.8) is 0 Å². The van der Waals surface area contributed by atoms with E-state index in [-0.39, 0.29) is 23.6 Å². The van der Waals surface area contributed by atoms with E-state index in [0.29, 0.717) is 19.4 Å². The zero-order valence-electron chi connectivity index (χ0n) is 10.7. The van der Waals surface area contributed by atoms with Crippen LogP contribution in [0.15, 0.2) is 6.07 Å². The second-order valence-corrected chi connectivity index (χ2v) is 4.65. The highest BCUT2D eigenvalue weighted by atomic mass is 19.4. The summed E-state index contributed by atoms with van der Waals surface area (Å²) in [7, 11) is 1.64. The van der Waals surface area contributed by atoms with Gasteiger partial charge in [0.25, 0.3) is 0 Å². The molecule has 0 saturated carbocycles. The maximum atomic E-state index is 12.6. The van der Waals surface area contributed by atoms with E-state index in [2.05, 4.69) is 15.3 Å². The fraction of sp³-hybridized carbons (Fsp3) is 0.545. The van der Waals surface area contributed by atoms with E-state index in [9.17, 15) is 18.0 Å². The number of hydrogen-bond donors (Lipinski definition) is 2. The number of aromatic nitrogens is 2. The molecular weight excluding hydrogens is 275 g/mol. The first kappa shape index (κ1) is 14.4. The van der Waals surface area contributed by atoms with Crippen molar-refractivity contribution in [1.29, 1.82) is 0 Å². The summed E-state index contributed by atoms with van der Waals surface area (Å²) in [5, 5.41) is 2.86. The Morgan fingerprint density at radius 1 is 1.45 bits per heavy atom. The second-order valence-electron chi connectivity index (χ2n) is 4.65. The Bertz CT molecular complexity index is 519. The van der Waals surface area contributed by atoms with Crippen LogP contribution in [0.2, 0.25) is 0 Å². The Kier molecular flexibility index (Phi) is 3.69. The predicted molar refractivity (Wildman–Crippen MR) is 65.7 cm³/mol. The van der Waals surface area contributed by atoms with Gasteiger partial charge < -0.3 is 16.0 Å². The number of piperidine rings is 1. The van der Waals surface area contributed by atoms with Gasteiger partial charge in [-0.1, -0.05) is 0 Å². The summed E-state index contributed by atoms with van der Waals surface area (Å²) in [5.74, 6) is -1.51. The number of hydrogen-bond acceptors (Lipinski definition) is 5. The Hall–Kier alpha value is -2.06. The molecule has 1 fully saturated rings. The number of carbonyl (C=O) groups excluding carboxylic acids is 1. The molecule has 9 heteroatoms. The van der Waals surface area contributed by atoms with Crippen molar-refractivity contribution in [2.75, 3.05) is 24.6 Å². The number of likely N-dealkylation sites (N-methyl/N-ethyl adjacent to an activating group) is 1. The number of carbonyl (C=O) groups is 1. The van der Waals surface area contributed by atoms with Crippen molar-refractivity contribution in [1.82, 2.24) is 14.9 Å². The molecule has 1 aliphatic heterocycles. The third-order valence-electron chi connectivity index (χ3n) is 2.98. The van der Waals surface area contributed by atoms with E-state index in [1.807, 2.05) is 0 Å². The topological polar surface area (TPSA) is 84.1 Å². The summed E-state index contributed by atoms with van der Waals surface area (Å²) < 4.78 is 37.7. The first-order chi connectivity index (χ1) is 9.25. The van der Waals surface area contributed by atoms with Crippen LogP contribution in [0.1, 0.15) is 18.7 Å². The molecule has 0 aliphatic carbocycles. The summed E-state index contributed by atoms with van der Waals surface area (Å²) in [4.78, 5) is 19.4. The monoisotopic (exact) mass is 289 g/mol. The number of halogens is 3.